The van der Waals surface area contributed by atoms with E-state index in [2.05, 4.69) is 10.0 Å². The Balaban J connectivity index is 1.59. The summed E-state index contributed by atoms with van der Waals surface area (Å²) in [5.74, 6) is -0.699. The van der Waals surface area contributed by atoms with Crippen molar-refractivity contribution in [3.63, 3.8) is 0 Å². The Morgan fingerprint density at radius 3 is 2.62 bits per heavy atom. The summed E-state index contributed by atoms with van der Waals surface area (Å²) in [6.07, 6.45) is 0. The van der Waals surface area contributed by atoms with Gasteiger partial charge in [0.1, 0.15) is 11.6 Å². The van der Waals surface area contributed by atoms with Crippen LogP contribution in [-0.4, -0.2) is 14.3 Å². The molecule has 0 radical (unpaired) electrons. The molecular weight excluding hydrogens is 419 g/mol. The summed E-state index contributed by atoms with van der Waals surface area (Å²) in [6, 6.07) is 14.5. The number of anilines is 2. The molecular formula is C20H14ClFN2O4S. The summed E-state index contributed by atoms with van der Waals surface area (Å²) < 4.78 is 46.3. The minimum Gasteiger partial charge on any atom is -0.454 e. The number of hydrogen-bond donors (Lipinski definition) is 2. The summed E-state index contributed by atoms with van der Waals surface area (Å²) in [5, 5.41) is 3.12. The molecule has 29 heavy (non-hydrogen) atoms. The number of carbonyl (C=O) groups excluding carboxylic acids is 1. The topological polar surface area (TPSA) is 84.5 Å². The zero-order valence-corrected chi connectivity index (χ0v) is 16.4. The van der Waals surface area contributed by atoms with Crippen molar-refractivity contribution in [3.05, 3.63) is 82.6 Å². The van der Waals surface area contributed by atoms with Crippen LogP contribution in [0.5, 0.6) is 11.5 Å². The second-order valence-corrected chi connectivity index (χ2v) is 8.56. The van der Waals surface area contributed by atoms with Gasteiger partial charge in [-0.2, -0.15) is 0 Å². The number of ether oxygens (including phenoxy) is 1. The van der Waals surface area contributed by atoms with Crippen LogP contribution in [0.4, 0.5) is 15.8 Å². The minimum absolute atomic E-state index is 0.156. The van der Waals surface area contributed by atoms with Crippen LogP contribution in [0.25, 0.3) is 0 Å². The first kappa shape index (κ1) is 19.2. The van der Waals surface area contributed by atoms with E-state index in [4.69, 9.17) is 16.3 Å². The Bertz CT molecular complexity index is 1230. The van der Waals surface area contributed by atoms with Crippen molar-refractivity contribution in [1.29, 1.82) is 0 Å². The highest BCUT2D eigenvalue weighted by Crippen LogP contribution is 2.38. The van der Waals surface area contributed by atoms with Gasteiger partial charge in [-0.3, -0.25) is 9.52 Å². The van der Waals surface area contributed by atoms with Crippen LogP contribution >= 0.6 is 11.6 Å². The molecule has 0 fully saturated rings. The second-order valence-electron chi connectivity index (χ2n) is 6.40. The molecule has 6 nitrogen and oxygen atoms in total. The predicted molar refractivity (Wildman–Crippen MR) is 109 cm³/mol. The fourth-order valence-corrected chi connectivity index (χ4v) is 4.27. The van der Waals surface area contributed by atoms with Gasteiger partial charge < -0.3 is 10.1 Å². The lowest BCUT2D eigenvalue weighted by atomic mass is 10.1. The van der Waals surface area contributed by atoms with Gasteiger partial charge in [0.15, 0.2) is 5.75 Å². The van der Waals surface area contributed by atoms with Gasteiger partial charge in [-0.1, -0.05) is 23.7 Å². The van der Waals surface area contributed by atoms with Gasteiger partial charge in [-0.15, -0.1) is 0 Å². The van der Waals surface area contributed by atoms with Crippen LogP contribution in [-0.2, 0) is 15.8 Å². The number of halogens is 2. The molecule has 0 spiro atoms. The molecule has 148 valence electrons. The number of amides is 1. The normalized spacial score (nSPS) is 12.8. The molecule has 0 saturated heterocycles. The number of fused-ring (bicyclic) bond motifs is 2. The van der Waals surface area contributed by atoms with E-state index in [1.165, 1.54) is 36.4 Å². The summed E-state index contributed by atoms with van der Waals surface area (Å²) in [7, 11) is -3.82. The molecule has 0 bridgehead atoms. The van der Waals surface area contributed by atoms with Crippen LogP contribution in [0.1, 0.15) is 15.9 Å². The van der Waals surface area contributed by atoms with E-state index in [0.29, 0.717) is 22.0 Å². The zero-order chi connectivity index (χ0) is 20.6. The molecule has 1 heterocycles. The average molecular weight is 433 g/mol. The number of nitrogens with one attached hydrogen (secondary N) is 2. The molecule has 0 aliphatic carbocycles. The third-order valence-corrected chi connectivity index (χ3v) is 5.65. The molecule has 2 N–H and O–H groups in total. The van der Waals surface area contributed by atoms with Crippen LogP contribution in [0.3, 0.4) is 0 Å². The van der Waals surface area contributed by atoms with Crippen molar-refractivity contribution >= 4 is 38.9 Å². The molecule has 1 aliphatic heterocycles. The highest BCUT2D eigenvalue weighted by molar-refractivity contribution is 7.91. The number of sulfonamides is 1. The largest absolute Gasteiger partial charge is 0.454 e. The molecule has 0 aromatic heterocycles. The lowest BCUT2D eigenvalue weighted by Gasteiger charge is -2.11. The van der Waals surface area contributed by atoms with Gasteiger partial charge in [0.05, 0.1) is 17.0 Å². The van der Waals surface area contributed by atoms with Crippen molar-refractivity contribution in [2.24, 2.45) is 0 Å². The number of rotatable bonds is 4. The van der Waals surface area contributed by atoms with Crippen LogP contribution < -0.4 is 14.8 Å². The van der Waals surface area contributed by atoms with Crippen molar-refractivity contribution in [2.75, 3.05) is 10.0 Å². The fourth-order valence-electron chi connectivity index (χ4n) is 2.92. The average Bonchev–Trinajstić information content (AvgIpc) is 2.77. The first-order valence-electron chi connectivity index (χ1n) is 8.47. The van der Waals surface area contributed by atoms with Crippen molar-refractivity contribution in [2.45, 2.75) is 5.75 Å². The predicted octanol–water partition coefficient (Wildman–Crippen LogP) is 4.78. The zero-order valence-electron chi connectivity index (χ0n) is 14.8. The number of benzene rings is 3. The van der Waals surface area contributed by atoms with Crippen LogP contribution in [0, 0.1) is 5.82 Å². The van der Waals surface area contributed by atoms with Crippen LogP contribution in [0.2, 0.25) is 5.02 Å². The lowest BCUT2D eigenvalue weighted by Crippen LogP contribution is -2.16. The molecule has 0 unspecified atom stereocenters. The summed E-state index contributed by atoms with van der Waals surface area (Å²) in [5.41, 5.74) is 1.05. The highest BCUT2D eigenvalue weighted by Gasteiger charge is 2.22. The monoisotopic (exact) mass is 432 g/mol. The van der Waals surface area contributed by atoms with E-state index < -0.39 is 27.5 Å². The lowest BCUT2D eigenvalue weighted by molar-refractivity contribution is 0.102. The molecule has 0 saturated carbocycles. The van der Waals surface area contributed by atoms with E-state index in [1.54, 1.807) is 18.2 Å². The van der Waals surface area contributed by atoms with Gasteiger partial charge in [0.25, 0.3) is 5.91 Å². The van der Waals surface area contributed by atoms with Gasteiger partial charge in [0.2, 0.25) is 10.0 Å². The quantitative estimate of drug-likeness (QED) is 0.621. The molecule has 9 heteroatoms. The maximum absolute atomic E-state index is 13.3. The van der Waals surface area contributed by atoms with E-state index in [1.807, 2.05) is 0 Å². The Hall–Kier alpha value is -3.10. The van der Waals surface area contributed by atoms with E-state index in [-0.39, 0.29) is 17.0 Å². The van der Waals surface area contributed by atoms with E-state index in [0.717, 1.165) is 6.07 Å². The maximum atomic E-state index is 13.3. The first-order valence-corrected chi connectivity index (χ1v) is 10.5. The number of carbonyl (C=O) groups is 1. The van der Waals surface area contributed by atoms with Crippen molar-refractivity contribution in [1.82, 2.24) is 0 Å². The Labute approximate surface area is 171 Å². The maximum Gasteiger partial charge on any atom is 0.259 e. The molecule has 1 aliphatic rings. The van der Waals surface area contributed by atoms with Gasteiger partial charge in [0, 0.05) is 10.7 Å². The Morgan fingerprint density at radius 2 is 1.83 bits per heavy atom. The van der Waals surface area contributed by atoms with Crippen LogP contribution in [0.15, 0.2) is 60.7 Å². The standard InChI is InChI=1S/C20H14ClFN2O4S/c21-13-4-6-19-17(9-13)23-20(25)16-10-15(5-7-18(16)28-19)24-29(26,27)11-12-2-1-3-14(22)8-12/h1-10,24H,11H2,(H,23,25). The van der Waals surface area contributed by atoms with Gasteiger partial charge in [-0.25, -0.2) is 12.8 Å². The fraction of sp³-hybridized carbons (Fsp3) is 0.0500. The summed E-state index contributed by atoms with van der Waals surface area (Å²) >= 11 is 5.96. The smallest absolute Gasteiger partial charge is 0.259 e. The summed E-state index contributed by atoms with van der Waals surface area (Å²) in [6.45, 7) is 0. The Morgan fingerprint density at radius 1 is 1.03 bits per heavy atom. The molecule has 3 aromatic carbocycles. The summed E-state index contributed by atoms with van der Waals surface area (Å²) in [4.78, 5) is 12.6. The minimum atomic E-state index is -3.82. The Kier molecular flexibility index (Phi) is 4.89. The first-order chi connectivity index (χ1) is 13.8. The second kappa shape index (κ2) is 7.38. The molecule has 3 aromatic rings. The highest BCUT2D eigenvalue weighted by atomic mass is 35.5. The van der Waals surface area contributed by atoms with Crippen molar-refractivity contribution in [3.8, 4) is 11.5 Å². The SMILES string of the molecule is O=C1Nc2cc(Cl)ccc2Oc2ccc(NS(=O)(=O)Cc3cccc(F)c3)cc21. The van der Waals surface area contributed by atoms with E-state index >= 15 is 0 Å². The molecule has 0 atom stereocenters. The molecule has 1 amide bonds. The number of hydrogen-bond acceptors (Lipinski definition) is 4. The third kappa shape index (κ3) is 4.33. The third-order valence-electron chi connectivity index (χ3n) is 4.15. The van der Waals surface area contributed by atoms with E-state index in [9.17, 15) is 17.6 Å². The van der Waals surface area contributed by atoms with Gasteiger partial charge in [-0.05, 0) is 54.1 Å². The van der Waals surface area contributed by atoms with Gasteiger partial charge >= 0.3 is 0 Å². The van der Waals surface area contributed by atoms with Crippen molar-refractivity contribution < 1.29 is 22.3 Å². The molecule has 4 rings (SSSR count).